The molecule has 1 aliphatic carbocycles. The van der Waals surface area contributed by atoms with E-state index in [-0.39, 0.29) is 6.10 Å². The number of hydrogen-bond donors (Lipinski definition) is 1. The molecule has 2 N–H and O–H groups in total. The minimum Gasteiger partial charge on any atom is -0.474 e. The van der Waals surface area contributed by atoms with Crippen LogP contribution in [0.1, 0.15) is 40.0 Å². The van der Waals surface area contributed by atoms with Gasteiger partial charge in [0, 0.05) is 6.07 Å². The highest BCUT2D eigenvalue weighted by molar-refractivity contribution is 7.98. The first-order chi connectivity index (χ1) is 9.49. The van der Waals surface area contributed by atoms with E-state index >= 15 is 0 Å². The first kappa shape index (κ1) is 15.4. The van der Waals surface area contributed by atoms with Crippen molar-refractivity contribution < 1.29 is 4.74 Å². The lowest BCUT2D eigenvalue weighted by atomic mass is 9.75. The highest BCUT2D eigenvalue weighted by Gasteiger charge is 2.32. The summed E-state index contributed by atoms with van der Waals surface area (Å²) in [5.74, 6) is 3.04. The Balaban J connectivity index is 2.15. The molecule has 4 nitrogen and oxygen atoms in total. The van der Waals surface area contributed by atoms with Crippen molar-refractivity contribution in [3.63, 3.8) is 0 Å². The minimum atomic E-state index is 0.239. The quantitative estimate of drug-likeness (QED) is 0.679. The zero-order valence-electron chi connectivity index (χ0n) is 12.8. The molecule has 2 rings (SSSR count). The zero-order valence-corrected chi connectivity index (χ0v) is 13.6. The molecule has 1 aliphatic rings. The summed E-state index contributed by atoms with van der Waals surface area (Å²) in [6, 6.07) is 1.73. The van der Waals surface area contributed by atoms with E-state index in [1.807, 2.05) is 6.26 Å². The maximum Gasteiger partial charge on any atom is 0.219 e. The Morgan fingerprint density at radius 2 is 2.10 bits per heavy atom. The molecule has 0 spiro atoms. The Kier molecular flexibility index (Phi) is 5.13. The molecular formula is C15H25N3OS. The molecule has 0 aromatic carbocycles. The smallest absolute Gasteiger partial charge is 0.219 e. The van der Waals surface area contributed by atoms with Crippen LogP contribution in [0.5, 0.6) is 5.88 Å². The molecule has 3 unspecified atom stereocenters. The van der Waals surface area contributed by atoms with Crippen molar-refractivity contribution >= 4 is 17.6 Å². The van der Waals surface area contributed by atoms with E-state index in [0.29, 0.717) is 34.6 Å². The van der Waals surface area contributed by atoms with Crippen LogP contribution in [-0.4, -0.2) is 22.3 Å². The third-order valence-corrected chi connectivity index (χ3v) is 4.67. The van der Waals surface area contributed by atoms with Gasteiger partial charge in [0.05, 0.1) is 0 Å². The van der Waals surface area contributed by atoms with E-state index < -0.39 is 0 Å². The molecule has 0 radical (unpaired) electrons. The first-order valence-corrected chi connectivity index (χ1v) is 8.57. The van der Waals surface area contributed by atoms with Crippen molar-refractivity contribution in [1.29, 1.82) is 0 Å². The topological polar surface area (TPSA) is 61.0 Å². The van der Waals surface area contributed by atoms with Crippen LogP contribution in [0.25, 0.3) is 0 Å². The van der Waals surface area contributed by atoms with E-state index in [1.54, 1.807) is 6.07 Å². The summed E-state index contributed by atoms with van der Waals surface area (Å²) < 4.78 is 6.18. The van der Waals surface area contributed by atoms with Crippen LogP contribution >= 0.6 is 11.8 Å². The van der Waals surface area contributed by atoms with Crippen LogP contribution in [0, 0.1) is 17.8 Å². The summed E-state index contributed by atoms with van der Waals surface area (Å²) in [5.41, 5.74) is 5.82. The standard InChI is InChI=1S/C15H25N3OS/c1-9(2)11-6-5-10(3)7-12(11)19-14-8-13(16)17-15(18-14)20-4/h8-12H,5-7H2,1-4H3,(H2,16,17,18). The second kappa shape index (κ2) is 6.66. The maximum atomic E-state index is 6.18. The summed E-state index contributed by atoms with van der Waals surface area (Å²) in [5, 5.41) is 0.671. The van der Waals surface area contributed by atoms with Gasteiger partial charge in [-0.3, -0.25) is 0 Å². The van der Waals surface area contributed by atoms with Crippen molar-refractivity contribution in [2.45, 2.75) is 51.3 Å². The molecule has 1 aromatic heterocycles. The maximum absolute atomic E-state index is 6.18. The Morgan fingerprint density at radius 3 is 2.75 bits per heavy atom. The average molecular weight is 295 g/mol. The van der Waals surface area contributed by atoms with E-state index in [2.05, 4.69) is 30.7 Å². The molecule has 1 fully saturated rings. The fourth-order valence-electron chi connectivity index (χ4n) is 2.98. The Morgan fingerprint density at radius 1 is 1.35 bits per heavy atom. The molecular weight excluding hydrogens is 270 g/mol. The van der Waals surface area contributed by atoms with Gasteiger partial charge in [0.1, 0.15) is 11.9 Å². The summed E-state index contributed by atoms with van der Waals surface area (Å²) >= 11 is 1.48. The fourth-order valence-corrected chi connectivity index (χ4v) is 3.36. The van der Waals surface area contributed by atoms with Gasteiger partial charge in [0.15, 0.2) is 5.16 Å². The summed E-state index contributed by atoms with van der Waals surface area (Å²) in [7, 11) is 0. The lowest BCUT2D eigenvalue weighted by molar-refractivity contribution is 0.0421. The average Bonchev–Trinajstić information content (AvgIpc) is 2.37. The van der Waals surface area contributed by atoms with Gasteiger partial charge in [0.2, 0.25) is 5.88 Å². The number of thioether (sulfide) groups is 1. The predicted molar refractivity (Wildman–Crippen MR) is 84.0 cm³/mol. The van der Waals surface area contributed by atoms with Crippen molar-refractivity contribution in [2.75, 3.05) is 12.0 Å². The Bertz CT molecular complexity index is 453. The van der Waals surface area contributed by atoms with Crippen LogP contribution in [0.15, 0.2) is 11.2 Å². The number of rotatable bonds is 4. The predicted octanol–water partition coefficient (Wildman–Crippen LogP) is 3.62. The van der Waals surface area contributed by atoms with Gasteiger partial charge in [-0.15, -0.1) is 0 Å². The SMILES string of the molecule is CSc1nc(N)cc(OC2CC(C)CCC2C(C)C)n1. The molecule has 0 aliphatic heterocycles. The fraction of sp³-hybridized carbons (Fsp3) is 0.733. The lowest BCUT2D eigenvalue weighted by Gasteiger charge is -2.37. The molecule has 5 heteroatoms. The van der Waals surface area contributed by atoms with Crippen molar-refractivity contribution in [2.24, 2.45) is 17.8 Å². The van der Waals surface area contributed by atoms with Crippen LogP contribution in [-0.2, 0) is 0 Å². The van der Waals surface area contributed by atoms with Crippen molar-refractivity contribution in [3.8, 4) is 5.88 Å². The highest BCUT2D eigenvalue weighted by Crippen LogP contribution is 2.36. The second-order valence-corrected chi connectivity index (χ2v) is 6.87. The monoisotopic (exact) mass is 295 g/mol. The number of hydrogen-bond acceptors (Lipinski definition) is 5. The van der Waals surface area contributed by atoms with Crippen LogP contribution in [0.3, 0.4) is 0 Å². The third-order valence-electron chi connectivity index (χ3n) is 4.12. The molecule has 3 atom stereocenters. The van der Waals surface area contributed by atoms with Gasteiger partial charge in [-0.05, 0) is 36.9 Å². The molecule has 0 saturated heterocycles. The summed E-state index contributed by atoms with van der Waals surface area (Å²) in [4.78, 5) is 8.58. The second-order valence-electron chi connectivity index (χ2n) is 6.10. The van der Waals surface area contributed by atoms with Gasteiger partial charge in [-0.2, -0.15) is 4.98 Å². The van der Waals surface area contributed by atoms with E-state index in [1.165, 1.54) is 24.6 Å². The number of nitrogens with zero attached hydrogens (tertiary/aromatic N) is 2. The molecule has 0 bridgehead atoms. The molecule has 0 amide bonds. The number of anilines is 1. The molecule has 20 heavy (non-hydrogen) atoms. The van der Waals surface area contributed by atoms with Crippen molar-refractivity contribution in [3.05, 3.63) is 6.07 Å². The van der Waals surface area contributed by atoms with E-state index in [4.69, 9.17) is 10.5 Å². The normalized spacial score (nSPS) is 26.8. The van der Waals surface area contributed by atoms with Gasteiger partial charge in [0.25, 0.3) is 0 Å². The number of aromatic nitrogens is 2. The molecule has 1 saturated carbocycles. The Hall–Kier alpha value is -0.970. The third kappa shape index (κ3) is 3.78. The summed E-state index contributed by atoms with van der Waals surface area (Å²) in [6.07, 6.45) is 5.81. The van der Waals surface area contributed by atoms with Crippen LogP contribution in [0.4, 0.5) is 5.82 Å². The number of ether oxygens (including phenoxy) is 1. The largest absolute Gasteiger partial charge is 0.474 e. The van der Waals surface area contributed by atoms with E-state index in [0.717, 1.165) is 6.42 Å². The number of nitrogen functional groups attached to an aromatic ring is 1. The molecule has 112 valence electrons. The van der Waals surface area contributed by atoms with E-state index in [9.17, 15) is 0 Å². The highest BCUT2D eigenvalue weighted by atomic mass is 32.2. The number of nitrogens with two attached hydrogens (primary N) is 1. The summed E-state index contributed by atoms with van der Waals surface area (Å²) in [6.45, 7) is 6.85. The zero-order chi connectivity index (χ0) is 14.7. The molecule has 1 heterocycles. The minimum absolute atomic E-state index is 0.239. The lowest BCUT2D eigenvalue weighted by Crippen LogP contribution is -2.36. The molecule has 1 aromatic rings. The van der Waals surface area contributed by atoms with Crippen molar-refractivity contribution in [1.82, 2.24) is 9.97 Å². The van der Waals surface area contributed by atoms with Gasteiger partial charge in [-0.1, -0.05) is 39.0 Å². The van der Waals surface area contributed by atoms with Crippen LogP contribution < -0.4 is 10.5 Å². The Labute approximate surface area is 125 Å². The van der Waals surface area contributed by atoms with Gasteiger partial charge in [-0.25, -0.2) is 4.98 Å². The first-order valence-electron chi connectivity index (χ1n) is 7.34. The van der Waals surface area contributed by atoms with Gasteiger partial charge >= 0.3 is 0 Å². The van der Waals surface area contributed by atoms with Crippen LogP contribution in [0.2, 0.25) is 0 Å². The van der Waals surface area contributed by atoms with Gasteiger partial charge < -0.3 is 10.5 Å².